The van der Waals surface area contributed by atoms with Crippen LogP contribution in [-0.4, -0.2) is 37.0 Å². The zero-order valence-electron chi connectivity index (χ0n) is 14.2. The van der Waals surface area contributed by atoms with E-state index in [1.165, 1.54) is 11.3 Å². The molecule has 1 atom stereocenters. The topological polar surface area (TPSA) is 84.5 Å². The predicted molar refractivity (Wildman–Crippen MR) is 100 cm³/mol. The van der Waals surface area contributed by atoms with Crippen LogP contribution in [0.2, 0.25) is 5.02 Å². The summed E-state index contributed by atoms with van der Waals surface area (Å²) in [6, 6.07) is 7.51. The fourth-order valence-electron chi connectivity index (χ4n) is 2.60. The summed E-state index contributed by atoms with van der Waals surface area (Å²) in [5.74, 6) is -0.929. The maximum absolute atomic E-state index is 12.2. The van der Waals surface area contributed by atoms with Gasteiger partial charge in [-0.25, -0.2) is 0 Å². The van der Waals surface area contributed by atoms with Gasteiger partial charge in [-0.15, -0.1) is 11.3 Å². The quantitative estimate of drug-likeness (QED) is 0.707. The van der Waals surface area contributed by atoms with Crippen molar-refractivity contribution in [3.8, 4) is 0 Å². The normalized spacial score (nSPS) is 14.7. The highest BCUT2D eigenvalue weighted by atomic mass is 35.5. The van der Waals surface area contributed by atoms with Crippen molar-refractivity contribution in [2.24, 2.45) is 5.92 Å². The van der Waals surface area contributed by atoms with Gasteiger partial charge in [0.15, 0.2) is 6.61 Å². The van der Waals surface area contributed by atoms with Crippen LogP contribution in [0.25, 0.3) is 10.1 Å². The molecule has 0 bridgehead atoms. The van der Waals surface area contributed by atoms with Crippen LogP contribution in [0, 0.1) is 5.92 Å². The lowest BCUT2D eigenvalue weighted by atomic mass is 10.2. The van der Waals surface area contributed by atoms with Crippen LogP contribution in [-0.2, 0) is 14.3 Å². The van der Waals surface area contributed by atoms with Gasteiger partial charge in [0.05, 0.1) is 5.02 Å². The Kier molecular flexibility index (Phi) is 5.78. The SMILES string of the molecule is C[C@@H](NC(=O)COC(=O)CNC(=O)c1sc2ccccc2c1Cl)C1CC1. The van der Waals surface area contributed by atoms with Gasteiger partial charge in [-0.3, -0.25) is 14.4 Å². The first-order chi connectivity index (χ1) is 12.5. The fourth-order valence-corrected chi connectivity index (χ4v) is 4.03. The van der Waals surface area contributed by atoms with Gasteiger partial charge in [0.25, 0.3) is 11.8 Å². The first kappa shape index (κ1) is 18.7. The van der Waals surface area contributed by atoms with Gasteiger partial charge in [-0.05, 0) is 31.7 Å². The molecule has 1 aliphatic carbocycles. The molecule has 138 valence electrons. The first-order valence-electron chi connectivity index (χ1n) is 8.36. The molecule has 0 unspecified atom stereocenters. The summed E-state index contributed by atoms with van der Waals surface area (Å²) in [5.41, 5.74) is 0. The number of esters is 1. The number of halogens is 1. The van der Waals surface area contributed by atoms with Gasteiger partial charge in [-0.1, -0.05) is 29.8 Å². The third-order valence-electron chi connectivity index (χ3n) is 4.22. The Labute approximate surface area is 159 Å². The Balaban J connectivity index is 1.45. The summed E-state index contributed by atoms with van der Waals surface area (Å²) < 4.78 is 5.78. The van der Waals surface area contributed by atoms with E-state index in [4.69, 9.17) is 16.3 Å². The molecule has 0 spiro atoms. The number of thiophene rings is 1. The van der Waals surface area contributed by atoms with Gasteiger partial charge in [-0.2, -0.15) is 0 Å². The molecular formula is C18H19ClN2O4S. The van der Waals surface area contributed by atoms with Gasteiger partial charge in [0.2, 0.25) is 0 Å². The second-order valence-electron chi connectivity index (χ2n) is 6.28. The molecule has 1 fully saturated rings. The van der Waals surface area contributed by atoms with E-state index >= 15 is 0 Å². The van der Waals surface area contributed by atoms with Crippen molar-refractivity contribution < 1.29 is 19.1 Å². The summed E-state index contributed by atoms with van der Waals surface area (Å²) in [4.78, 5) is 36.0. The first-order valence-corrected chi connectivity index (χ1v) is 9.55. The number of fused-ring (bicyclic) bond motifs is 1. The highest BCUT2D eigenvalue weighted by molar-refractivity contribution is 7.21. The number of benzene rings is 1. The largest absolute Gasteiger partial charge is 0.454 e. The van der Waals surface area contributed by atoms with Crippen molar-refractivity contribution in [3.05, 3.63) is 34.2 Å². The van der Waals surface area contributed by atoms with E-state index in [0.717, 1.165) is 22.9 Å². The number of rotatable bonds is 7. The standard InChI is InChI=1S/C18H19ClN2O4S/c1-10(11-6-7-11)21-14(22)9-25-15(23)8-20-18(24)17-16(19)12-4-2-3-5-13(12)26-17/h2-5,10-11H,6-9H2,1H3,(H,20,24)(H,21,22)/t10-/m1/s1. The molecule has 1 aliphatic rings. The molecule has 6 nitrogen and oxygen atoms in total. The summed E-state index contributed by atoms with van der Waals surface area (Å²) >= 11 is 7.49. The number of hydrogen-bond acceptors (Lipinski definition) is 5. The van der Waals surface area contributed by atoms with Gasteiger partial charge < -0.3 is 15.4 Å². The van der Waals surface area contributed by atoms with Crippen LogP contribution in [0.5, 0.6) is 0 Å². The van der Waals surface area contributed by atoms with Crippen LogP contribution in [0.15, 0.2) is 24.3 Å². The number of carbonyl (C=O) groups excluding carboxylic acids is 3. The molecule has 26 heavy (non-hydrogen) atoms. The maximum atomic E-state index is 12.2. The van der Waals surface area contributed by atoms with Crippen LogP contribution in [0.3, 0.4) is 0 Å². The number of nitrogens with one attached hydrogen (secondary N) is 2. The van der Waals surface area contributed by atoms with Gasteiger partial charge >= 0.3 is 5.97 Å². The van der Waals surface area contributed by atoms with E-state index in [0.29, 0.717) is 15.8 Å². The minimum atomic E-state index is -0.676. The van der Waals surface area contributed by atoms with Crippen LogP contribution < -0.4 is 10.6 Å². The Hall–Kier alpha value is -2.12. The minimum absolute atomic E-state index is 0.0935. The highest BCUT2D eigenvalue weighted by Crippen LogP contribution is 2.35. The lowest BCUT2D eigenvalue weighted by Crippen LogP contribution is -2.38. The molecule has 0 saturated heterocycles. The molecule has 8 heteroatoms. The average Bonchev–Trinajstić information content (AvgIpc) is 3.43. The molecule has 2 amide bonds. The predicted octanol–water partition coefficient (Wildman–Crippen LogP) is 2.74. The summed E-state index contributed by atoms with van der Waals surface area (Å²) in [5, 5.41) is 6.43. The molecule has 1 aromatic heterocycles. The van der Waals surface area contributed by atoms with Gasteiger partial charge in [0.1, 0.15) is 11.4 Å². The third kappa shape index (κ3) is 4.53. The summed E-state index contributed by atoms with van der Waals surface area (Å²) in [6.07, 6.45) is 2.24. The molecular weight excluding hydrogens is 376 g/mol. The minimum Gasteiger partial charge on any atom is -0.454 e. The van der Waals surface area contributed by atoms with E-state index < -0.39 is 11.9 Å². The van der Waals surface area contributed by atoms with Crippen LogP contribution >= 0.6 is 22.9 Å². The van der Waals surface area contributed by atoms with Crippen molar-refractivity contribution in [3.63, 3.8) is 0 Å². The third-order valence-corrected chi connectivity index (χ3v) is 5.89. The number of hydrogen-bond donors (Lipinski definition) is 2. The summed E-state index contributed by atoms with van der Waals surface area (Å²) in [7, 11) is 0. The van der Waals surface area contributed by atoms with Crippen LogP contribution in [0.1, 0.15) is 29.4 Å². The zero-order valence-corrected chi connectivity index (χ0v) is 15.8. The molecule has 0 radical (unpaired) electrons. The Morgan fingerprint density at radius 2 is 2.04 bits per heavy atom. The number of ether oxygens (including phenoxy) is 1. The highest BCUT2D eigenvalue weighted by Gasteiger charge is 2.29. The van der Waals surface area contributed by atoms with E-state index in [-0.39, 0.29) is 25.1 Å². The molecule has 3 rings (SSSR count). The average molecular weight is 395 g/mol. The van der Waals surface area contributed by atoms with Gasteiger partial charge in [0, 0.05) is 16.1 Å². The van der Waals surface area contributed by atoms with E-state index in [2.05, 4.69) is 10.6 Å². The van der Waals surface area contributed by atoms with Crippen molar-refractivity contribution in [1.29, 1.82) is 0 Å². The lowest BCUT2D eigenvalue weighted by Gasteiger charge is -2.12. The maximum Gasteiger partial charge on any atom is 0.325 e. The van der Waals surface area contributed by atoms with Crippen molar-refractivity contribution in [2.45, 2.75) is 25.8 Å². The molecule has 1 heterocycles. The van der Waals surface area contributed by atoms with E-state index in [1.807, 2.05) is 31.2 Å². The molecule has 2 aromatic rings. The fraction of sp³-hybridized carbons (Fsp3) is 0.389. The lowest BCUT2D eigenvalue weighted by molar-refractivity contribution is -0.147. The van der Waals surface area contributed by atoms with E-state index in [9.17, 15) is 14.4 Å². The van der Waals surface area contributed by atoms with Crippen molar-refractivity contribution >= 4 is 50.8 Å². The molecule has 0 aliphatic heterocycles. The zero-order chi connectivity index (χ0) is 18.7. The Morgan fingerprint density at radius 3 is 2.73 bits per heavy atom. The van der Waals surface area contributed by atoms with E-state index in [1.54, 1.807) is 0 Å². The molecule has 1 saturated carbocycles. The Bertz CT molecular complexity index is 847. The smallest absolute Gasteiger partial charge is 0.325 e. The second-order valence-corrected chi connectivity index (χ2v) is 7.71. The van der Waals surface area contributed by atoms with Crippen molar-refractivity contribution in [1.82, 2.24) is 10.6 Å². The number of carbonyl (C=O) groups is 3. The second kappa shape index (κ2) is 8.05. The molecule has 2 N–H and O–H groups in total. The monoisotopic (exact) mass is 394 g/mol. The van der Waals surface area contributed by atoms with Crippen LogP contribution in [0.4, 0.5) is 0 Å². The molecule has 1 aromatic carbocycles. The Morgan fingerprint density at radius 1 is 1.31 bits per heavy atom. The van der Waals surface area contributed by atoms with Crippen molar-refractivity contribution in [2.75, 3.05) is 13.2 Å². The summed E-state index contributed by atoms with van der Waals surface area (Å²) in [6.45, 7) is 1.26. The number of amides is 2.